The van der Waals surface area contributed by atoms with Crippen LogP contribution in [0.4, 0.5) is 0 Å². The maximum Gasteiger partial charge on any atom is 0.252 e. The maximum absolute atomic E-state index is 11.4. The molecule has 1 aliphatic heterocycles. The largest absolute Gasteiger partial charge is 0.332 e. The Balaban J connectivity index is 2.66. The molecule has 0 aromatic heterocycles. The van der Waals surface area contributed by atoms with E-state index >= 15 is 0 Å². The van der Waals surface area contributed by atoms with Crippen molar-refractivity contribution < 1.29 is 9.59 Å². The Hall–Kier alpha value is -1.12. The molecule has 0 N–H and O–H groups in total. The van der Waals surface area contributed by atoms with Crippen molar-refractivity contribution in [1.29, 1.82) is 0 Å². The molecule has 1 heterocycles. The Labute approximate surface area is 78.4 Å². The summed E-state index contributed by atoms with van der Waals surface area (Å²) in [7, 11) is 0. The van der Waals surface area contributed by atoms with Gasteiger partial charge in [0.15, 0.2) is 5.78 Å². The first-order chi connectivity index (χ1) is 6.07. The Morgan fingerprint density at radius 1 is 1.62 bits per heavy atom. The van der Waals surface area contributed by atoms with Crippen LogP contribution in [0.25, 0.3) is 0 Å². The fourth-order valence-corrected chi connectivity index (χ4v) is 1.56. The monoisotopic (exact) mass is 181 g/mol. The quantitative estimate of drug-likeness (QED) is 0.483. The van der Waals surface area contributed by atoms with E-state index in [0.717, 1.165) is 13.0 Å². The zero-order valence-corrected chi connectivity index (χ0v) is 8.33. The molecule has 1 aliphatic rings. The molecule has 72 valence electrons. The number of carbonyl (C=O) groups excluding carboxylic acids is 2. The summed E-state index contributed by atoms with van der Waals surface area (Å²) < 4.78 is 0. The normalized spacial score (nSPS) is 24.8. The van der Waals surface area contributed by atoms with Gasteiger partial charge in [0.2, 0.25) is 0 Å². The second kappa shape index (κ2) is 3.73. The molecule has 1 saturated heterocycles. The number of amides is 1. The molecule has 0 spiro atoms. The zero-order chi connectivity index (χ0) is 10.0. The van der Waals surface area contributed by atoms with Crippen molar-refractivity contribution in [2.75, 3.05) is 6.54 Å². The molecule has 0 aromatic rings. The summed E-state index contributed by atoms with van der Waals surface area (Å²) in [4.78, 5) is 23.9. The van der Waals surface area contributed by atoms with Crippen LogP contribution in [0.1, 0.15) is 27.2 Å². The molecule has 1 amide bonds. The molecule has 1 atom stereocenters. The highest BCUT2D eigenvalue weighted by atomic mass is 16.2. The molecular formula is C10H15NO2. The third-order valence-corrected chi connectivity index (χ3v) is 2.25. The van der Waals surface area contributed by atoms with Crippen molar-refractivity contribution in [2.24, 2.45) is 0 Å². The van der Waals surface area contributed by atoms with E-state index in [1.165, 1.54) is 13.0 Å². The number of hydrogen-bond acceptors (Lipinski definition) is 2. The second-order valence-electron chi connectivity index (χ2n) is 3.38. The van der Waals surface area contributed by atoms with Gasteiger partial charge in [-0.3, -0.25) is 9.59 Å². The van der Waals surface area contributed by atoms with E-state index in [4.69, 9.17) is 0 Å². The average molecular weight is 181 g/mol. The molecule has 0 bridgehead atoms. The number of carbonyl (C=O) groups is 2. The Morgan fingerprint density at radius 3 is 2.62 bits per heavy atom. The maximum atomic E-state index is 11.4. The van der Waals surface area contributed by atoms with Gasteiger partial charge in [-0.15, -0.1) is 0 Å². The van der Waals surface area contributed by atoms with Crippen LogP contribution in [0, 0.1) is 0 Å². The molecule has 1 fully saturated rings. The van der Waals surface area contributed by atoms with Crippen molar-refractivity contribution in [3.8, 4) is 0 Å². The lowest BCUT2D eigenvalue weighted by molar-refractivity contribution is -0.136. The van der Waals surface area contributed by atoms with Crippen molar-refractivity contribution >= 4 is 11.7 Å². The molecule has 0 aromatic carbocycles. The molecular weight excluding hydrogens is 166 g/mol. The number of likely N-dealkylation sites (tertiary alicyclic amines) is 1. The predicted octanol–water partition coefficient (Wildman–Crippen LogP) is 1.14. The molecule has 1 rings (SSSR count). The van der Waals surface area contributed by atoms with Gasteiger partial charge in [0.05, 0.1) is 6.04 Å². The van der Waals surface area contributed by atoms with Crippen molar-refractivity contribution in [3.05, 3.63) is 11.6 Å². The summed E-state index contributed by atoms with van der Waals surface area (Å²) in [5.74, 6) is -0.0316. The lowest BCUT2D eigenvalue weighted by atomic mass is 9.94. The van der Waals surface area contributed by atoms with Crippen LogP contribution in [-0.2, 0) is 9.59 Å². The Bertz CT molecular complexity index is 268. The molecule has 0 aliphatic carbocycles. The van der Waals surface area contributed by atoms with E-state index < -0.39 is 0 Å². The predicted molar refractivity (Wildman–Crippen MR) is 50.2 cm³/mol. The molecule has 1 unspecified atom stereocenters. The third kappa shape index (κ3) is 1.79. The van der Waals surface area contributed by atoms with Gasteiger partial charge >= 0.3 is 0 Å². The van der Waals surface area contributed by atoms with Crippen molar-refractivity contribution in [2.45, 2.75) is 33.2 Å². The van der Waals surface area contributed by atoms with Crippen LogP contribution in [0.15, 0.2) is 11.6 Å². The summed E-state index contributed by atoms with van der Waals surface area (Å²) in [6, 6.07) is 0.122. The zero-order valence-electron chi connectivity index (χ0n) is 8.33. The fourth-order valence-electron chi connectivity index (χ4n) is 1.56. The number of nitrogens with zero attached hydrogens (tertiary/aromatic N) is 1. The van der Waals surface area contributed by atoms with Crippen LogP contribution < -0.4 is 0 Å². The van der Waals surface area contributed by atoms with E-state index in [1.54, 1.807) is 4.90 Å². The molecule has 3 nitrogen and oxygen atoms in total. The average Bonchev–Trinajstić information content (AvgIpc) is 2.09. The summed E-state index contributed by atoms with van der Waals surface area (Å²) in [5, 5.41) is 0. The van der Waals surface area contributed by atoms with Crippen LogP contribution in [-0.4, -0.2) is 29.2 Å². The van der Waals surface area contributed by atoms with Gasteiger partial charge in [-0.05, 0) is 26.3 Å². The highest BCUT2D eigenvalue weighted by Crippen LogP contribution is 2.25. The number of hydrogen-bond donors (Lipinski definition) is 0. The van der Waals surface area contributed by atoms with Crippen molar-refractivity contribution in [3.63, 3.8) is 0 Å². The molecule has 0 radical (unpaired) electrons. The molecule has 3 heteroatoms. The van der Waals surface area contributed by atoms with Gasteiger partial charge in [-0.1, -0.05) is 6.92 Å². The summed E-state index contributed by atoms with van der Waals surface area (Å²) >= 11 is 0. The third-order valence-electron chi connectivity index (χ3n) is 2.25. The van der Waals surface area contributed by atoms with Gasteiger partial charge in [-0.2, -0.15) is 0 Å². The number of rotatable bonds is 3. The molecule has 13 heavy (non-hydrogen) atoms. The highest BCUT2D eigenvalue weighted by molar-refractivity contribution is 6.06. The topological polar surface area (TPSA) is 37.4 Å². The van der Waals surface area contributed by atoms with Gasteiger partial charge in [0.25, 0.3) is 5.91 Å². The lowest BCUT2D eigenvalue weighted by Gasteiger charge is -2.40. The SMILES string of the molecule is CCCN1C(=O)/C(=C/C(C)=O)C1C. The number of β-lactam (4-membered cyclic amide) rings is 1. The highest BCUT2D eigenvalue weighted by Gasteiger charge is 2.37. The first-order valence-corrected chi connectivity index (χ1v) is 4.61. The number of allylic oxidation sites excluding steroid dienone is 1. The minimum atomic E-state index is -0.0497. The Kier molecular flexibility index (Phi) is 2.86. The smallest absolute Gasteiger partial charge is 0.252 e. The van der Waals surface area contributed by atoms with E-state index in [1.807, 2.05) is 13.8 Å². The van der Waals surface area contributed by atoms with Crippen LogP contribution in [0.5, 0.6) is 0 Å². The van der Waals surface area contributed by atoms with Gasteiger partial charge in [0.1, 0.15) is 0 Å². The first-order valence-electron chi connectivity index (χ1n) is 4.61. The van der Waals surface area contributed by atoms with E-state index in [9.17, 15) is 9.59 Å². The summed E-state index contributed by atoms with van der Waals surface area (Å²) in [6.07, 6.45) is 2.41. The molecule has 0 saturated carbocycles. The van der Waals surface area contributed by atoms with Gasteiger partial charge < -0.3 is 4.90 Å². The summed E-state index contributed by atoms with van der Waals surface area (Å²) in [6.45, 7) is 6.24. The van der Waals surface area contributed by atoms with Gasteiger partial charge in [-0.25, -0.2) is 0 Å². The van der Waals surface area contributed by atoms with E-state index in [0.29, 0.717) is 5.57 Å². The number of ketones is 1. The van der Waals surface area contributed by atoms with Crippen LogP contribution in [0.3, 0.4) is 0 Å². The second-order valence-corrected chi connectivity index (χ2v) is 3.38. The van der Waals surface area contributed by atoms with Gasteiger partial charge in [0, 0.05) is 12.1 Å². The standard InChI is InChI=1S/C10H15NO2/c1-4-5-11-8(3)9(10(11)13)6-7(2)12/h6,8H,4-5H2,1-3H3/b9-6+. The summed E-state index contributed by atoms with van der Waals surface area (Å²) in [5.41, 5.74) is 0.654. The van der Waals surface area contributed by atoms with E-state index in [-0.39, 0.29) is 17.7 Å². The van der Waals surface area contributed by atoms with Crippen molar-refractivity contribution in [1.82, 2.24) is 4.90 Å². The lowest BCUT2D eigenvalue weighted by Crippen LogP contribution is -2.53. The minimum absolute atomic E-state index is 0.0181. The van der Waals surface area contributed by atoms with Crippen LogP contribution >= 0.6 is 0 Å². The minimum Gasteiger partial charge on any atom is -0.332 e. The van der Waals surface area contributed by atoms with Crippen LogP contribution in [0.2, 0.25) is 0 Å². The van der Waals surface area contributed by atoms with E-state index in [2.05, 4.69) is 0 Å². The Morgan fingerprint density at radius 2 is 2.23 bits per heavy atom. The fraction of sp³-hybridized carbons (Fsp3) is 0.600. The first kappa shape index (κ1) is 9.96.